The molecular weight excluding hydrogens is 131 g/mol. The summed E-state index contributed by atoms with van der Waals surface area (Å²) in [7, 11) is -1.77. The normalized spacial score (nSPS) is 14.0. The molecule has 0 aliphatic rings. The summed E-state index contributed by atoms with van der Waals surface area (Å²) in [5.74, 6) is 0. The summed E-state index contributed by atoms with van der Waals surface area (Å²) in [5.41, 5.74) is 0.360. The van der Waals surface area contributed by atoms with E-state index in [0.29, 0.717) is 12.1 Å². The molecule has 1 atom stereocenters. The number of rotatable bonds is 3. The molecule has 0 aromatic heterocycles. The molecular formula is C3H9O2PS. The van der Waals surface area contributed by atoms with Crippen molar-refractivity contribution >= 4 is 20.7 Å². The van der Waals surface area contributed by atoms with Crippen LogP contribution in [0.25, 0.3) is 0 Å². The lowest BCUT2D eigenvalue weighted by atomic mass is 10.9. The maximum atomic E-state index is 10.3. The summed E-state index contributed by atoms with van der Waals surface area (Å²) in [6.07, 6.45) is 0. The van der Waals surface area contributed by atoms with E-state index in [4.69, 9.17) is 0 Å². The van der Waals surface area contributed by atoms with Gasteiger partial charge in [0, 0.05) is 0 Å². The standard InChI is InChI=1S/C3H9O2PS/c1-2-5-6(4)3-7/h6-7H,2-3H2,1H3. The van der Waals surface area contributed by atoms with Gasteiger partial charge >= 0.3 is 0 Å². The van der Waals surface area contributed by atoms with E-state index in [1.165, 1.54) is 0 Å². The molecule has 0 bridgehead atoms. The molecule has 0 fully saturated rings. The molecule has 0 saturated carbocycles. The van der Waals surface area contributed by atoms with E-state index in [2.05, 4.69) is 17.2 Å². The van der Waals surface area contributed by atoms with E-state index < -0.39 is 8.03 Å². The molecule has 0 amide bonds. The lowest BCUT2D eigenvalue weighted by molar-refractivity contribution is 0.353. The van der Waals surface area contributed by atoms with Gasteiger partial charge in [-0.05, 0) is 6.92 Å². The van der Waals surface area contributed by atoms with Gasteiger partial charge in [-0.1, -0.05) is 0 Å². The van der Waals surface area contributed by atoms with Crippen LogP contribution in [0.3, 0.4) is 0 Å². The van der Waals surface area contributed by atoms with Crippen molar-refractivity contribution in [1.82, 2.24) is 0 Å². The Bertz CT molecular complexity index is 66.0. The Morgan fingerprint density at radius 2 is 2.43 bits per heavy atom. The van der Waals surface area contributed by atoms with E-state index >= 15 is 0 Å². The minimum absolute atomic E-state index is 0.360. The van der Waals surface area contributed by atoms with Crippen LogP contribution in [0.5, 0.6) is 0 Å². The number of hydrogen-bond donors (Lipinski definition) is 1. The van der Waals surface area contributed by atoms with Crippen molar-refractivity contribution in [2.75, 3.05) is 12.1 Å². The fourth-order valence-electron chi connectivity index (χ4n) is 0.207. The second-order valence-corrected chi connectivity index (χ2v) is 3.26. The van der Waals surface area contributed by atoms with Crippen molar-refractivity contribution < 1.29 is 9.09 Å². The van der Waals surface area contributed by atoms with Crippen molar-refractivity contribution in [1.29, 1.82) is 0 Å². The maximum absolute atomic E-state index is 10.3. The minimum atomic E-state index is -1.77. The highest BCUT2D eigenvalue weighted by atomic mass is 32.1. The molecule has 0 saturated heterocycles. The fraction of sp³-hybridized carbons (Fsp3) is 1.00. The second kappa shape index (κ2) is 4.69. The lowest BCUT2D eigenvalue weighted by Gasteiger charge is -1.92. The topological polar surface area (TPSA) is 26.3 Å². The fourth-order valence-corrected chi connectivity index (χ4v) is 0.894. The molecule has 0 rings (SSSR count). The highest BCUT2D eigenvalue weighted by molar-refractivity contribution is 7.86. The first-order valence-corrected chi connectivity index (χ1v) is 4.23. The first-order valence-electron chi connectivity index (χ1n) is 2.07. The van der Waals surface area contributed by atoms with E-state index in [1.54, 1.807) is 0 Å². The van der Waals surface area contributed by atoms with E-state index in [9.17, 15) is 4.57 Å². The molecule has 0 aliphatic heterocycles. The van der Waals surface area contributed by atoms with Crippen molar-refractivity contribution in [3.63, 3.8) is 0 Å². The van der Waals surface area contributed by atoms with Crippen LogP contribution in [0.2, 0.25) is 0 Å². The van der Waals surface area contributed by atoms with Crippen LogP contribution in [0.1, 0.15) is 6.92 Å². The highest BCUT2D eigenvalue weighted by Crippen LogP contribution is 2.21. The van der Waals surface area contributed by atoms with Gasteiger partial charge < -0.3 is 4.52 Å². The summed E-state index contributed by atoms with van der Waals surface area (Å²) in [4.78, 5) is 0. The van der Waals surface area contributed by atoms with Crippen LogP contribution in [0.15, 0.2) is 0 Å². The minimum Gasteiger partial charge on any atom is -0.330 e. The maximum Gasteiger partial charge on any atom is 0.200 e. The van der Waals surface area contributed by atoms with E-state index in [1.807, 2.05) is 6.92 Å². The molecule has 1 unspecified atom stereocenters. The zero-order valence-corrected chi connectivity index (χ0v) is 6.07. The van der Waals surface area contributed by atoms with Crippen molar-refractivity contribution in [3.05, 3.63) is 0 Å². The van der Waals surface area contributed by atoms with Gasteiger partial charge in [-0.25, -0.2) is 0 Å². The predicted molar refractivity (Wildman–Crippen MR) is 34.5 cm³/mol. The Morgan fingerprint density at radius 1 is 1.86 bits per heavy atom. The van der Waals surface area contributed by atoms with Gasteiger partial charge in [0.2, 0.25) is 8.03 Å². The van der Waals surface area contributed by atoms with Crippen molar-refractivity contribution in [3.8, 4) is 0 Å². The van der Waals surface area contributed by atoms with Gasteiger partial charge in [-0.3, -0.25) is 4.57 Å². The Kier molecular flexibility index (Phi) is 5.05. The molecule has 44 valence electrons. The molecule has 0 heterocycles. The molecule has 0 spiro atoms. The van der Waals surface area contributed by atoms with Gasteiger partial charge in [0.15, 0.2) is 0 Å². The monoisotopic (exact) mass is 140 g/mol. The Balaban J connectivity index is 3.00. The van der Waals surface area contributed by atoms with Crippen LogP contribution in [-0.4, -0.2) is 12.1 Å². The average molecular weight is 140 g/mol. The second-order valence-electron chi connectivity index (χ2n) is 0.963. The van der Waals surface area contributed by atoms with Gasteiger partial charge in [-0.15, -0.1) is 0 Å². The van der Waals surface area contributed by atoms with Crippen LogP contribution in [0, 0.1) is 0 Å². The highest BCUT2D eigenvalue weighted by Gasteiger charge is 1.88. The first kappa shape index (κ1) is 7.54. The molecule has 2 nitrogen and oxygen atoms in total. The SMILES string of the molecule is CCO[PH](=O)CS. The molecule has 4 heteroatoms. The van der Waals surface area contributed by atoms with E-state index in [-0.39, 0.29) is 0 Å². The molecule has 0 radical (unpaired) electrons. The molecule has 0 aliphatic carbocycles. The summed E-state index contributed by atoms with van der Waals surface area (Å²) < 4.78 is 15.0. The molecule has 7 heavy (non-hydrogen) atoms. The molecule has 0 aromatic rings. The Hall–Kier alpha value is 0.540. The molecule has 0 aromatic carbocycles. The summed E-state index contributed by atoms with van der Waals surface area (Å²) in [5, 5.41) is 0. The third-order valence-electron chi connectivity index (χ3n) is 0.434. The van der Waals surface area contributed by atoms with Crippen LogP contribution < -0.4 is 0 Å². The summed E-state index contributed by atoms with van der Waals surface area (Å²) in [6, 6.07) is 0. The van der Waals surface area contributed by atoms with Crippen LogP contribution in [0.4, 0.5) is 0 Å². The third-order valence-corrected chi connectivity index (χ3v) is 2.08. The van der Waals surface area contributed by atoms with Crippen molar-refractivity contribution in [2.45, 2.75) is 6.92 Å². The average Bonchev–Trinajstić information content (AvgIpc) is 1.68. The van der Waals surface area contributed by atoms with E-state index in [0.717, 1.165) is 0 Å². The quantitative estimate of drug-likeness (QED) is 0.473. The lowest BCUT2D eigenvalue weighted by Crippen LogP contribution is -1.75. The smallest absolute Gasteiger partial charge is 0.200 e. The van der Waals surface area contributed by atoms with Crippen molar-refractivity contribution in [2.24, 2.45) is 0 Å². The zero-order chi connectivity index (χ0) is 5.70. The van der Waals surface area contributed by atoms with Gasteiger partial charge in [0.05, 0.1) is 12.1 Å². The number of hydrogen-bond acceptors (Lipinski definition) is 3. The third kappa shape index (κ3) is 4.39. The Morgan fingerprint density at radius 3 is 2.57 bits per heavy atom. The Labute approximate surface area is 49.5 Å². The summed E-state index contributed by atoms with van der Waals surface area (Å²) >= 11 is 3.76. The van der Waals surface area contributed by atoms with Gasteiger partial charge in [0.25, 0.3) is 0 Å². The molecule has 0 N–H and O–H groups in total. The van der Waals surface area contributed by atoms with Crippen LogP contribution in [-0.2, 0) is 9.09 Å². The van der Waals surface area contributed by atoms with Crippen LogP contribution >= 0.6 is 20.7 Å². The number of thiol groups is 1. The predicted octanol–water partition coefficient (Wildman–Crippen LogP) is 1.38. The zero-order valence-electron chi connectivity index (χ0n) is 4.18. The van der Waals surface area contributed by atoms with Gasteiger partial charge in [0.1, 0.15) is 0 Å². The largest absolute Gasteiger partial charge is 0.330 e. The first-order chi connectivity index (χ1) is 3.31. The summed E-state index contributed by atoms with van der Waals surface area (Å²) in [6.45, 7) is 2.34. The van der Waals surface area contributed by atoms with Gasteiger partial charge in [-0.2, -0.15) is 12.6 Å².